The van der Waals surface area contributed by atoms with Crippen LogP contribution in [0.25, 0.3) is 0 Å². The topological polar surface area (TPSA) is 47.6 Å². The van der Waals surface area contributed by atoms with Crippen LogP contribution in [-0.4, -0.2) is 18.6 Å². The summed E-state index contributed by atoms with van der Waals surface area (Å²) >= 11 is 0. The number of methoxy groups -OCH3 is 1. The first-order chi connectivity index (χ1) is 11.3. The number of amides is 1. The van der Waals surface area contributed by atoms with E-state index in [1.165, 1.54) is 5.56 Å². The number of ether oxygens (including phenoxy) is 2. The third-order valence-corrected chi connectivity index (χ3v) is 3.45. The van der Waals surface area contributed by atoms with E-state index in [2.05, 4.69) is 5.32 Å². The summed E-state index contributed by atoms with van der Waals surface area (Å²) in [5.41, 5.74) is 2.32. The Bertz CT molecular complexity index is 700. The molecule has 128 valence electrons. The highest BCUT2D eigenvalue weighted by molar-refractivity contribution is 5.95. The molecule has 0 heterocycles. The van der Waals surface area contributed by atoms with E-state index in [0.29, 0.717) is 17.9 Å². The molecule has 0 bridgehead atoms. The predicted octanol–water partition coefficient (Wildman–Crippen LogP) is 4.11. The van der Waals surface area contributed by atoms with Crippen molar-refractivity contribution < 1.29 is 14.3 Å². The van der Waals surface area contributed by atoms with Crippen LogP contribution in [0.4, 0.5) is 0 Å². The van der Waals surface area contributed by atoms with Gasteiger partial charge in [-0.2, -0.15) is 0 Å². The molecule has 0 saturated heterocycles. The molecular weight excluding hydrogens is 302 g/mol. The van der Waals surface area contributed by atoms with Gasteiger partial charge >= 0.3 is 0 Å². The van der Waals surface area contributed by atoms with Gasteiger partial charge in [-0.05, 0) is 58.0 Å². The zero-order chi connectivity index (χ0) is 17.7. The number of carbonyl (C=O) groups is 1. The minimum absolute atomic E-state index is 0.110. The third kappa shape index (κ3) is 5.01. The predicted molar refractivity (Wildman–Crippen MR) is 95.7 cm³/mol. The van der Waals surface area contributed by atoms with E-state index in [1.54, 1.807) is 19.2 Å². The Balaban J connectivity index is 2.16. The van der Waals surface area contributed by atoms with Gasteiger partial charge in [-0.3, -0.25) is 4.79 Å². The highest BCUT2D eigenvalue weighted by atomic mass is 16.5. The quantitative estimate of drug-likeness (QED) is 0.899. The van der Waals surface area contributed by atoms with Crippen LogP contribution in [0, 0.1) is 6.92 Å². The molecule has 24 heavy (non-hydrogen) atoms. The number of benzene rings is 2. The molecule has 0 aliphatic heterocycles. The lowest BCUT2D eigenvalue weighted by molar-refractivity contribution is 0.0919. The molecule has 4 heteroatoms. The Morgan fingerprint density at radius 3 is 2.33 bits per heavy atom. The van der Waals surface area contributed by atoms with Crippen molar-refractivity contribution in [2.75, 3.05) is 7.11 Å². The molecule has 1 N–H and O–H groups in total. The number of carbonyl (C=O) groups excluding carboxylic acids is 1. The maximum Gasteiger partial charge on any atom is 0.251 e. The standard InChI is InChI=1S/C20H25NO3/c1-14-6-9-17(10-7-14)24-13-16-12-15(8-11-18(16)23-5)19(22)21-20(2,3)4/h6-12H,13H2,1-5H3,(H,21,22). The fourth-order valence-electron chi connectivity index (χ4n) is 2.24. The third-order valence-electron chi connectivity index (χ3n) is 3.45. The molecule has 0 saturated carbocycles. The summed E-state index contributed by atoms with van der Waals surface area (Å²) in [4.78, 5) is 12.3. The van der Waals surface area contributed by atoms with Gasteiger partial charge in [0, 0.05) is 16.7 Å². The van der Waals surface area contributed by atoms with E-state index in [1.807, 2.05) is 58.0 Å². The summed E-state index contributed by atoms with van der Waals surface area (Å²) in [6, 6.07) is 13.2. The van der Waals surface area contributed by atoms with Gasteiger partial charge in [-0.15, -0.1) is 0 Å². The summed E-state index contributed by atoms with van der Waals surface area (Å²) in [5.74, 6) is 1.38. The Kier molecular flexibility index (Phi) is 5.50. The Labute approximate surface area is 143 Å². The first-order valence-corrected chi connectivity index (χ1v) is 7.97. The van der Waals surface area contributed by atoms with E-state index in [-0.39, 0.29) is 11.4 Å². The zero-order valence-electron chi connectivity index (χ0n) is 15.0. The first-order valence-electron chi connectivity index (χ1n) is 7.97. The molecule has 0 spiro atoms. The Morgan fingerprint density at radius 2 is 1.75 bits per heavy atom. The Morgan fingerprint density at radius 1 is 1.08 bits per heavy atom. The molecule has 0 aliphatic carbocycles. The second-order valence-electron chi connectivity index (χ2n) is 6.83. The van der Waals surface area contributed by atoms with E-state index in [4.69, 9.17) is 9.47 Å². The molecule has 0 radical (unpaired) electrons. The normalized spacial score (nSPS) is 11.0. The van der Waals surface area contributed by atoms with Gasteiger partial charge in [0.2, 0.25) is 0 Å². The lowest BCUT2D eigenvalue weighted by atomic mass is 10.1. The lowest BCUT2D eigenvalue weighted by Crippen LogP contribution is -2.40. The summed E-state index contributed by atoms with van der Waals surface area (Å²) in [6.07, 6.45) is 0. The van der Waals surface area contributed by atoms with Gasteiger partial charge < -0.3 is 14.8 Å². The van der Waals surface area contributed by atoms with E-state index in [9.17, 15) is 4.79 Å². The molecule has 2 rings (SSSR count). The van der Waals surface area contributed by atoms with Crippen LogP contribution in [0.1, 0.15) is 42.3 Å². The summed E-state index contributed by atoms with van der Waals surface area (Å²) in [6.45, 7) is 8.23. The number of hydrogen-bond acceptors (Lipinski definition) is 3. The molecule has 4 nitrogen and oxygen atoms in total. The second kappa shape index (κ2) is 7.39. The van der Waals surface area contributed by atoms with Crippen LogP contribution < -0.4 is 14.8 Å². The van der Waals surface area contributed by atoms with Crippen molar-refractivity contribution in [3.63, 3.8) is 0 Å². The minimum Gasteiger partial charge on any atom is -0.496 e. The monoisotopic (exact) mass is 327 g/mol. The Hall–Kier alpha value is -2.49. The number of hydrogen-bond donors (Lipinski definition) is 1. The van der Waals surface area contributed by atoms with Crippen LogP contribution in [-0.2, 0) is 6.61 Å². The second-order valence-corrected chi connectivity index (χ2v) is 6.83. The summed E-state index contributed by atoms with van der Waals surface area (Å²) in [5, 5.41) is 2.96. The minimum atomic E-state index is -0.282. The molecule has 0 unspecified atom stereocenters. The van der Waals surface area contributed by atoms with Gasteiger partial charge in [0.05, 0.1) is 7.11 Å². The maximum atomic E-state index is 12.3. The lowest BCUT2D eigenvalue weighted by Gasteiger charge is -2.21. The van der Waals surface area contributed by atoms with E-state index in [0.717, 1.165) is 11.3 Å². The fourth-order valence-corrected chi connectivity index (χ4v) is 2.24. The summed E-state index contributed by atoms with van der Waals surface area (Å²) < 4.78 is 11.2. The molecule has 0 atom stereocenters. The van der Waals surface area contributed by atoms with Gasteiger partial charge in [-0.25, -0.2) is 0 Å². The molecule has 2 aromatic carbocycles. The highest BCUT2D eigenvalue weighted by Gasteiger charge is 2.16. The van der Waals surface area contributed by atoms with Crippen LogP contribution in [0.2, 0.25) is 0 Å². The van der Waals surface area contributed by atoms with Gasteiger partial charge in [0.1, 0.15) is 18.1 Å². The van der Waals surface area contributed by atoms with Crippen molar-refractivity contribution in [1.29, 1.82) is 0 Å². The number of nitrogens with one attached hydrogen (secondary N) is 1. The van der Waals surface area contributed by atoms with Crippen molar-refractivity contribution in [3.05, 3.63) is 59.2 Å². The molecule has 1 amide bonds. The summed E-state index contributed by atoms with van der Waals surface area (Å²) in [7, 11) is 1.61. The average Bonchev–Trinajstić information content (AvgIpc) is 2.52. The van der Waals surface area contributed by atoms with Crippen LogP contribution in [0.3, 0.4) is 0 Å². The van der Waals surface area contributed by atoms with Crippen LogP contribution in [0.5, 0.6) is 11.5 Å². The largest absolute Gasteiger partial charge is 0.496 e. The number of aryl methyl sites for hydroxylation is 1. The first kappa shape index (κ1) is 17.9. The fraction of sp³-hybridized carbons (Fsp3) is 0.350. The zero-order valence-corrected chi connectivity index (χ0v) is 15.0. The highest BCUT2D eigenvalue weighted by Crippen LogP contribution is 2.23. The van der Waals surface area contributed by atoms with Crippen molar-refractivity contribution in [1.82, 2.24) is 5.32 Å². The van der Waals surface area contributed by atoms with E-state index >= 15 is 0 Å². The molecule has 0 aromatic heterocycles. The van der Waals surface area contributed by atoms with Crippen molar-refractivity contribution in [2.45, 2.75) is 39.8 Å². The van der Waals surface area contributed by atoms with Gasteiger partial charge in [-0.1, -0.05) is 17.7 Å². The van der Waals surface area contributed by atoms with E-state index < -0.39 is 0 Å². The van der Waals surface area contributed by atoms with Crippen molar-refractivity contribution in [3.8, 4) is 11.5 Å². The van der Waals surface area contributed by atoms with Crippen molar-refractivity contribution >= 4 is 5.91 Å². The average molecular weight is 327 g/mol. The maximum absolute atomic E-state index is 12.3. The van der Waals surface area contributed by atoms with Crippen molar-refractivity contribution in [2.24, 2.45) is 0 Å². The van der Waals surface area contributed by atoms with Crippen LogP contribution >= 0.6 is 0 Å². The smallest absolute Gasteiger partial charge is 0.251 e. The van der Waals surface area contributed by atoms with Gasteiger partial charge in [0.25, 0.3) is 5.91 Å². The molecular formula is C20H25NO3. The molecule has 0 aliphatic rings. The molecule has 2 aromatic rings. The van der Waals surface area contributed by atoms with Gasteiger partial charge in [0.15, 0.2) is 0 Å². The molecule has 0 fully saturated rings. The number of rotatable bonds is 5. The van der Waals surface area contributed by atoms with Crippen LogP contribution in [0.15, 0.2) is 42.5 Å². The SMILES string of the molecule is COc1ccc(C(=O)NC(C)(C)C)cc1COc1ccc(C)cc1.